The summed E-state index contributed by atoms with van der Waals surface area (Å²) in [7, 11) is 0. The van der Waals surface area contributed by atoms with Crippen LogP contribution in [-0.4, -0.2) is 73.1 Å². The lowest BCUT2D eigenvalue weighted by Crippen LogP contribution is -2.57. The molecule has 3 heterocycles. The summed E-state index contributed by atoms with van der Waals surface area (Å²) in [4.78, 5) is 28.5. The topological polar surface area (TPSA) is 61.9 Å². The van der Waals surface area contributed by atoms with E-state index in [1.807, 2.05) is 9.80 Å². The largest absolute Gasteiger partial charge is 0.378 e. The zero-order valence-corrected chi connectivity index (χ0v) is 15.2. The number of hydrogen-bond donors (Lipinski definition) is 1. The van der Waals surface area contributed by atoms with Crippen molar-refractivity contribution in [3.8, 4) is 0 Å². The van der Waals surface area contributed by atoms with Crippen LogP contribution in [0.15, 0.2) is 0 Å². The Labute approximate surface area is 150 Å². The molecule has 3 aliphatic rings. The molecule has 0 saturated carbocycles. The van der Waals surface area contributed by atoms with Gasteiger partial charge in [-0.15, -0.1) is 12.4 Å². The standard InChI is InChI=1S/C17H29N3O3.ClH/c21-16(7-6-15-5-1-2-11-23-15)19-9-3-4-14(13-19)20-10-8-18-12-17(20)22;/h14-15,18H,1-13H2;1H. The van der Waals surface area contributed by atoms with Crippen molar-refractivity contribution in [3.05, 3.63) is 0 Å². The average Bonchev–Trinajstić information content (AvgIpc) is 2.61. The summed E-state index contributed by atoms with van der Waals surface area (Å²) in [5, 5.41) is 3.11. The minimum Gasteiger partial charge on any atom is -0.378 e. The molecule has 2 atom stereocenters. The van der Waals surface area contributed by atoms with E-state index in [1.165, 1.54) is 6.42 Å². The molecule has 3 aliphatic heterocycles. The number of nitrogens with zero attached hydrogens (tertiary/aromatic N) is 2. The van der Waals surface area contributed by atoms with Crippen LogP contribution in [0.2, 0.25) is 0 Å². The number of ether oxygens (including phenoxy) is 1. The zero-order valence-electron chi connectivity index (χ0n) is 14.4. The van der Waals surface area contributed by atoms with Crippen molar-refractivity contribution in [2.45, 2.75) is 57.1 Å². The number of carbonyl (C=O) groups excluding carboxylic acids is 2. The normalized spacial score (nSPS) is 28.4. The molecule has 1 N–H and O–H groups in total. The highest BCUT2D eigenvalue weighted by atomic mass is 35.5. The number of carbonyl (C=O) groups is 2. The minimum atomic E-state index is 0. The van der Waals surface area contributed by atoms with Gasteiger partial charge in [-0.2, -0.15) is 0 Å². The van der Waals surface area contributed by atoms with Crippen LogP contribution in [0.1, 0.15) is 44.9 Å². The third-order valence-corrected chi connectivity index (χ3v) is 5.27. The van der Waals surface area contributed by atoms with Crippen molar-refractivity contribution < 1.29 is 14.3 Å². The Bertz CT molecular complexity index is 429. The van der Waals surface area contributed by atoms with Crippen LogP contribution < -0.4 is 5.32 Å². The average molecular weight is 360 g/mol. The van der Waals surface area contributed by atoms with Crippen LogP contribution in [0.4, 0.5) is 0 Å². The Morgan fingerprint density at radius 2 is 2.08 bits per heavy atom. The molecule has 0 spiro atoms. The second-order valence-electron chi connectivity index (χ2n) is 6.93. The van der Waals surface area contributed by atoms with E-state index in [1.54, 1.807) is 0 Å². The van der Waals surface area contributed by atoms with Gasteiger partial charge in [-0.25, -0.2) is 0 Å². The van der Waals surface area contributed by atoms with Gasteiger partial charge in [-0.3, -0.25) is 9.59 Å². The highest BCUT2D eigenvalue weighted by molar-refractivity contribution is 5.85. The van der Waals surface area contributed by atoms with Gasteiger partial charge >= 0.3 is 0 Å². The van der Waals surface area contributed by atoms with E-state index in [4.69, 9.17) is 4.74 Å². The van der Waals surface area contributed by atoms with Crippen LogP contribution in [0.25, 0.3) is 0 Å². The molecule has 0 aliphatic carbocycles. The monoisotopic (exact) mass is 359 g/mol. The van der Waals surface area contributed by atoms with E-state index < -0.39 is 0 Å². The Hall–Kier alpha value is -0.850. The van der Waals surface area contributed by atoms with Crippen molar-refractivity contribution in [1.82, 2.24) is 15.1 Å². The maximum atomic E-state index is 12.5. The van der Waals surface area contributed by atoms with Gasteiger partial charge in [0.15, 0.2) is 0 Å². The van der Waals surface area contributed by atoms with Gasteiger partial charge < -0.3 is 19.9 Å². The van der Waals surface area contributed by atoms with Crippen LogP contribution >= 0.6 is 12.4 Å². The number of likely N-dealkylation sites (tertiary alicyclic amines) is 1. The van der Waals surface area contributed by atoms with Crippen molar-refractivity contribution in [2.75, 3.05) is 39.3 Å². The Morgan fingerprint density at radius 1 is 1.21 bits per heavy atom. The van der Waals surface area contributed by atoms with Crippen molar-refractivity contribution in [2.24, 2.45) is 0 Å². The number of nitrogens with one attached hydrogen (secondary N) is 1. The molecule has 2 unspecified atom stereocenters. The molecular weight excluding hydrogens is 330 g/mol. The van der Waals surface area contributed by atoms with E-state index in [-0.39, 0.29) is 36.4 Å². The maximum Gasteiger partial charge on any atom is 0.236 e. The summed E-state index contributed by atoms with van der Waals surface area (Å²) < 4.78 is 5.72. The maximum absolute atomic E-state index is 12.5. The second-order valence-corrected chi connectivity index (χ2v) is 6.93. The summed E-state index contributed by atoms with van der Waals surface area (Å²) in [5.74, 6) is 0.401. The van der Waals surface area contributed by atoms with Crippen LogP contribution in [0.5, 0.6) is 0 Å². The van der Waals surface area contributed by atoms with E-state index in [2.05, 4.69) is 5.32 Å². The molecule has 0 bridgehead atoms. The fraction of sp³-hybridized carbons (Fsp3) is 0.882. The number of hydrogen-bond acceptors (Lipinski definition) is 4. The van der Waals surface area contributed by atoms with Gasteiger partial charge in [0.1, 0.15) is 0 Å². The fourth-order valence-electron chi connectivity index (χ4n) is 3.92. The highest BCUT2D eigenvalue weighted by Gasteiger charge is 2.31. The Kier molecular flexibility index (Phi) is 7.78. The number of piperidine rings is 1. The van der Waals surface area contributed by atoms with E-state index in [0.717, 1.165) is 58.3 Å². The third-order valence-electron chi connectivity index (χ3n) is 5.27. The number of piperazine rings is 1. The predicted molar refractivity (Wildman–Crippen MR) is 94.3 cm³/mol. The first-order chi connectivity index (χ1) is 11.2. The van der Waals surface area contributed by atoms with E-state index >= 15 is 0 Å². The lowest BCUT2D eigenvalue weighted by atomic mass is 10.0. The quantitative estimate of drug-likeness (QED) is 0.818. The third kappa shape index (κ3) is 5.07. The molecule has 6 nitrogen and oxygen atoms in total. The first kappa shape index (κ1) is 19.5. The lowest BCUT2D eigenvalue weighted by molar-refractivity contribution is -0.140. The highest BCUT2D eigenvalue weighted by Crippen LogP contribution is 2.20. The van der Waals surface area contributed by atoms with Gasteiger partial charge in [0.2, 0.25) is 11.8 Å². The number of rotatable bonds is 4. The summed E-state index contributed by atoms with van der Waals surface area (Å²) in [6.07, 6.45) is 7.15. The van der Waals surface area contributed by atoms with Crippen LogP contribution in [0.3, 0.4) is 0 Å². The SMILES string of the molecule is Cl.O=C(CCC1CCCCO1)N1CCCC(N2CCNCC2=O)C1. The van der Waals surface area contributed by atoms with Gasteiger partial charge in [-0.1, -0.05) is 0 Å². The molecule has 0 aromatic carbocycles. The summed E-state index contributed by atoms with van der Waals surface area (Å²) in [5.41, 5.74) is 0. The molecule has 24 heavy (non-hydrogen) atoms. The molecule has 138 valence electrons. The number of amides is 2. The molecule has 0 aromatic heterocycles. The molecule has 2 amide bonds. The Morgan fingerprint density at radius 3 is 2.83 bits per heavy atom. The molecule has 7 heteroatoms. The summed E-state index contributed by atoms with van der Waals surface area (Å²) >= 11 is 0. The summed E-state index contributed by atoms with van der Waals surface area (Å²) in [6.45, 7) is 4.44. The second kappa shape index (κ2) is 9.59. The summed E-state index contributed by atoms with van der Waals surface area (Å²) in [6, 6.07) is 0.202. The fourth-order valence-corrected chi connectivity index (χ4v) is 3.92. The van der Waals surface area contributed by atoms with Gasteiger partial charge in [0.25, 0.3) is 0 Å². The first-order valence-corrected chi connectivity index (χ1v) is 9.13. The van der Waals surface area contributed by atoms with Crippen molar-refractivity contribution in [1.29, 1.82) is 0 Å². The van der Waals surface area contributed by atoms with Gasteiger partial charge in [0.05, 0.1) is 12.6 Å². The smallest absolute Gasteiger partial charge is 0.236 e. The lowest BCUT2D eigenvalue weighted by Gasteiger charge is -2.41. The van der Waals surface area contributed by atoms with Crippen LogP contribution in [-0.2, 0) is 14.3 Å². The molecule has 0 aromatic rings. The minimum absolute atomic E-state index is 0. The van der Waals surface area contributed by atoms with Crippen molar-refractivity contribution in [3.63, 3.8) is 0 Å². The molecule has 3 saturated heterocycles. The van der Waals surface area contributed by atoms with Crippen LogP contribution in [0, 0.1) is 0 Å². The van der Waals surface area contributed by atoms with Crippen molar-refractivity contribution >= 4 is 24.2 Å². The first-order valence-electron chi connectivity index (χ1n) is 9.13. The molecule has 3 rings (SSSR count). The Balaban J connectivity index is 0.00000208. The molecule has 3 fully saturated rings. The number of halogens is 1. The van der Waals surface area contributed by atoms with E-state index in [9.17, 15) is 9.59 Å². The van der Waals surface area contributed by atoms with E-state index in [0.29, 0.717) is 19.5 Å². The predicted octanol–water partition coefficient (Wildman–Crippen LogP) is 1.18. The molecule has 0 radical (unpaired) electrons. The van der Waals surface area contributed by atoms with Gasteiger partial charge in [-0.05, 0) is 38.5 Å². The zero-order chi connectivity index (χ0) is 16.1. The van der Waals surface area contributed by atoms with Gasteiger partial charge in [0, 0.05) is 45.2 Å². The molecular formula is C17H30ClN3O3.